The third-order valence-electron chi connectivity index (χ3n) is 16.5. The maximum absolute atomic E-state index is 13.2. The van der Waals surface area contributed by atoms with Gasteiger partial charge in [0.1, 0.15) is 23.2 Å². The summed E-state index contributed by atoms with van der Waals surface area (Å²) in [6, 6.07) is 55.7. The summed E-state index contributed by atoms with van der Waals surface area (Å²) in [5.41, 5.74) is 18.9. The fraction of sp³-hybridized carbons (Fsp3) is 0.219. The van der Waals surface area contributed by atoms with E-state index in [-0.39, 0.29) is 17.7 Å². The first-order valence-corrected chi connectivity index (χ1v) is 31.2. The summed E-state index contributed by atoms with van der Waals surface area (Å²) in [5, 5.41) is 17.7. The number of rotatable bonds is 25. The molecule has 8 aromatic carbocycles. The van der Waals surface area contributed by atoms with Crippen molar-refractivity contribution in [2.75, 3.05) is 67.5 Å². The summed E-state index contributed by atoms with van der Waals surface area (Å²) < 4.78 is 7.71. The van der Waals surface area contributed by atoms with Crippen molar-refractivity contribution in [3.8, 4) is 62.2 Å². The Labute approximate surface area is 532 Å². The van der Waals surface area contributed by atoms with Gasteiger partial charge in [-0.3, -0.25) is 24.1 Å². The molecule has 462 valence electrons. The zero-order chi connectivity index (χ0) is 63.1. The van der Waals surface area contributed by atoms with Gasteiger partial charge in [-0.2, -0.15) is 0 Å². The van der Waals surface area contributed by atoms with Crippen LogP contribution in [0.3, 0.4) is 0 Å². The number of nitrogens with one attached hydrogen (secondary N) is 6. The van der Waals surface area contributed by atoms with Gasteiger partial charge in [0.25, 0.3) is 17.7 Å². The second kappa shape index (κ2) is 27.1. The summed E-state index contributed by atoms with van der Waals surface area (Å²) in [4.78, 5) is 73.2. The second-order valence-corrected chi connectivity index (χ2v) is 23.8. The van der Waals surface area contributed by atoms with Crippen molar-refractivity contribution in [2.45, 2.75) is 38.6 Å². The predicted molar refractivity (Wildman–Crippen MR) is 363 cm³/mol. The Bertz CT molecular complexity index is 4650. The van der Waals surface area contributed by atoms with Crippen molar-refractivity contribution in [3.05, 3.63) is 210 Å². The number of carbonyl (C=O) groups excluding carboxylic acids is 3. The molecular formula is C73H71N15O4. The number of H-pyrrole nitrogens is 3. The zero-order valence-electron chi connectivity index (χ0n) is 51.9. The number of aromatic amines is 3. The van der Waals surface area contributed by atoms with Gasteiger partial charge in [-0.15, -0.1) is 5.10 Å². The number of amides is 3. The second-order valence-electron chi connectivity index (χ2n) is 23.8. The largest absolute Gasteiger partial charge is 0.494 e. The lowest BCUT2D eigenvalue weighted by molar-refractivity contribution is 0.0943. The molecule has 19 nitrogen and oxygen atoms in total. The average Bonchev–Trinajstić information content (AvgIpc) is 1.69. The number of nitrogens with zero attached hydrogens (tertiary/aromatic N) is 9. The molecule has 0 saturated carbocycles. The zero-order valence-corrected chi connectivity index (χ0v) is 51.9. The highest BCUT2D eigenvalue weighted by molar-refractivity contribution is 6.07. The van der Waals surface area contributed by atoms with Crippen LogP contribution in [-0.4, -0.2) is 146 Å². The molecule has 5 heterocycles. The molecule has 3 amide bonds. The Morgan fingerprint density at radius 3 is 1.45 bits per heavy atom. The van der Waals surface area contributed by atoms with Crippen molar-refractivity contribution in [3.63, 3.8) is 0 Å². The fourth-order valence-corrected chi connectivity index (χ4v) is 11.3. The maximum atomic E-state index is 13.2. The van der Waals surface area contributed by atoms with Gasteiger partial charge in [0.2, 0.25) is 0 Å². The molecule has 92 heavy (non-hydrogen) atoms. The van der Waals surface area contributed by atoms with E-state index in [2.05, 4.69) is 121 Å². The molecule has 0 atom stereocenters. The first kappa shape index (κ1) is 60.0. The van der Waals surface area contributed by atoms with Crippen LogP contribution in [0.25, 0.3) is 89.5 Å². The van der Waals surface area contributed by atoms with E-state index < -0.39 is 0 Å². The lowest BCUT2D eigenvalue weighted by atomic mass is 9.99. The number of ether oxygens (including phenoxy) is 1. The van der Waals surface area contributed by atoms with Crippen molar-refractivity contribution >= 4 is 62.2 Å². The van der Waals surface area contributed by atoms with Crippen LogP contribution in [0.5, 0.6) is 5.75 Å². The minimum atomic E-state index is -0.155. The number of benzene rings is 8. The molecule has 13 rings (SSSR count). The summed E-state index contributed by atoms with van der Waals surface area (Å²) in [6.07, 6.45) is 5.64. The average molecular weight is 1220 g/mol. The van der Waals surface area contributed by atoms with Gasteiger partial charge in [0.05, 0.1) is 56.8 Å². The van der Waals surface area contributed by atoms with E-state index in [1.165, 1.54) is 0 Å². The predicted octanol–water partition coefficient (Wildman–Crippen LogP) is 11.7. The van der Waals surface area contributed by atoms with Gasteiger partial charge in [-0.05, 0) is 190 Å². The highest BCUT2D eigenvalue weighted by Gasteiger charge is 2.20. The van der Waals surface area contributed by atoms with Gasteiger partial charge in [0.15, 0.2) is 0 Å². The molecule has 0 aliphatic carbocycles. The highest BCUT2D eigenvalue weighted by atomic mass is 16.5. The van der Waals surface area contributed by atoms with Crippen LogP contribution in [0.4, 0.5) is 5.69 Å². The Hall–Kier alpha value is -10.9. The fourth-order valence-electron chi connectivity index (χ4n) is 11.3. The number of carbonyl (C=O) groups is 3. The van der Waals surface area contributed by atoms with Crippen molar-refractivity contribution < 1.29 is 19.1 Å². The van der Waals surface area contributed by atoms with Crippen LogP contribution in [0.1, 0.15) is 67.2 Å². The standard InChI is InChI=1S/C73H71N15O4/c1-86(2)36-7-39-92-59-28-23-49(24-29-59)70-80-62-30-25-54(41-65(62)83-70)53-21-22-57-44-63(77-64(57)40-53)46-9-15-50(16-10-46)72(90)75-34-6-37-88-45-58(84-85-88)8-5-33-74-71(89)51-17-11-47(12-18-51)68-78-60-31-26-55(42-66(60)81-68)56-27-32-61-67(43-56)82-69(79-61)48-13-19-52(20-14-48)73(91)76-35-38-87(3)4/h9-32,40-43,45H,5-8,33-39,44H2,1-4H3,(H,74,89)(H,75,90)(H,76,91)(H,78,81)(H,79,82)(H,80,83). The van der Waals surface area contributed by atoms with Gasteiger partial charge < -0.3 is 45.4 Å². The number of aliphatic imine (C=N–C) groups is 1. The topological polar surface area (TPSA) is 232 Å². The van der Waals surface area contributed by atoms with E-state index in [4.69, 9.17) is 24.7 Å². The van der Waals surface area contributed by atoms with E-state index in [1.807, 2.05) is 134 Å². The monoisotopic (exact) mass is 1220 g/mol. The molecular weight excluding hydrogens is 1150 g/mol. The molecule has 0 saturated heterocycles. The van der Waals surface area contributed by atoms with Crippen LogP contribution in [0, 0.1) is 0 Å². The molecule has 1 aliphatic rings. The first-order chi connectivity index (χ1) is 44.9. The molecule has 6 N–H and O–H groups in total. The molecule has 19 heteroatoms. The number of aryl methyl sites for hydroxylation is 2. The Morgan fingerprint density at radius 2 is 0.935 bits per heavy atom. The number of fused-ring (bicyclic) bond motifs is 4. The van der Waals surface area contributed by atoms with Gasteiger partial charge in [0, 0.05) is 85.3 Å². The van der Waals surface area contributed by atoms with Crippen LogP contribution in [0.2, 0.25) is 0 Å². The van der Waals surface area contributed by atoms with E-state index >= 15 is 0 Å². The molecule has 0 radical (unpaired) electrons. The van der Waals surface area contributed by atoms with Gasteiger partial charge >= 0.3 is 0 Å². The number of hydrogen-bond donors (Lipinski definition) is 6. The molecule has 0 unspecified atom stereocenters. The summed E-state index contributed by atoms with van der Waals surface area (Å²) in [7, 11) is 8.08. The van der Waals surface area contributed by atoms with Crippen LogP contribution < -0.4 is 20.7 Å². The van der Waals surface area contributed by atoms with E-state index in [1.54, 1.807) is 4.68 Å². The van der Waals surface area contributed by atoms with Gasteiger partial charge in [-0.25, -0.2) is 15.0 Å². The molecule has 0 bridgehead atoms. The van der Waals surface area contributed by atoms with Crippen LogP contribution in [-0.2, 0) is 19.4 Å². The Balaban J connectivity index is 0.528. The highest BCUT2D eigenvalue weighted by Crippen LogP contribution is 2.36. The van der Waals surface area contributed by atoms with Crippen LogP contribution in [0.15, 0.2) is 181 Å². The van der Waals surface area contributed by atoms with Crippen LogP contribution >= 0.6 is 0 Å². The minimum Gasteiger partial charge on any atom is -0.494 e. The SMILES string of the molecule is CN(C)CCCOc1ccc(-c2nc3cc(-c4ccc5c(c4)N=C(c4ccc(C(=O)NCCCn6cc(CCCNC(=O)c7ccc(-c8nc9cc(-c%10ccc%11[nH]c(-c%12ccc(C(=O)NCCN(C)C)cc%12)nc%11c%10)ccc9[nH]8)cc7)nn6)cc4)C5)ccc3[nH]2)cc1. The van der Waals surface area contributed by atoms with Gasteiger partial charge in [-0.1, -0.05) is 71.9 Å². The first-order valence-electron chi connectivity index (χ1n) is 31.2. The van der Waals surface area contributed by atoms with Crippen molar-refractivity contribution in [1.82, 2.24) is 70.6 Å². The van der Waals surface area contributed by atoms with Crippen molar-refractivity contribution in [2.24, 2.45) is 4.99 Å². The molecule has 4 aromatic heterocycles. The van der Waals surface area contributed by atoms with Crippen molar-refractivity contribution in [1.29, 1.82) is 0 Å². The van der Waals surface area contributed by atoms with E-state index in [0.29, 0.717) is 81.0 Å². The minimum absolute atomic E-state index is 0.0994. The number of aromatic nitrogens is 9. The lowest BCUT2D eigenvalue weighted by Crippen LogP contribution is -2.31. The number of imidazole rings is 3. The number of hydrogen-bond acceptors (Lipinski definition) is 12. The third-order valence-corrected chi connectivity index (χ3v) is 16.5. The molecule has 12 aromatic rings. The lowest BCUT2D eigenvalue weighted by Gasteiger charge is -2.10. The Morgan fingerprint density at radius 1 is 0.489 bits per heavy atom. The smallest absolute Gasteiger partial charge is 0.251 e. The van der Waals surface area contributed by atoms with E-state index in [9.17, 15) is 14.4 Å². The molecule has 0 spiro atoms. The Kier molecular flexibility index (Phi) is 17.7. The third kappa shape index (κ3) is 14.1. The summed E-state index contributed by atoms with van der Waals surface area (Å²) >= 11 is 0. The maximum Gasteiger partial charge on any atom is 0.251 e. The quantitative estimate of drug-likeness (QED) is 0.0295. The number of likely N-dealkylation sites (N-methyl/N-ethyl adjacent to an activating group) is 1. The summed E-state index contributed by atoms with van der Waals surface area (Å²) in [5.74, 6) is 2.71. The van der Waals surface area contributed by atoms with E-state index in [0.717, 1.165) is 137 Å². The summed E-state index contributed by atoms with van der Waals surface area (Å²) in [6.45, 7) is 4.59. The normalized spacial score (nSPS) is 12.1. The molecule has 1 aliphatic heterocycles. The molecule has 0 fully saturated rings.